The van der Waals surface area contributed by atoms with Crippen molar-refractivity contribution in [1.29, 1.82) is 0 Å². The summed E-state index contributed by atoms with van der Waals surface area (Å²) in [5.74, 6) is -5.02. The Kier molecular flexibility index (Phi) is 7.18. The minimum absolute atomic E-state index is 0. The van der Waals surface area contributed by atoms with Gasteiger partial charge in [0.1, 0.15) is 0 Å². The van der Waals surface area contributed by atoms with E-state index < -0.39 is 36.4 Å². The number of hydrogen-bond acceptors (Lipinski definition) is 4. The smallest absolute Gasteiger partial charge is 0.336 e. The molecule has 4 N–H and O–H groups in total. The number of rotatable bonds is 5. The molecule has 0 aromatic rings. The summed E-state index contributed by atoms with van der Waals surface area (Å²) in [5.41, 5.74) is -2.74. The minimum Gasteiger partial charge on any atom is -0.481 e. The number of aliphatic carboxylic acids is 3. The van der Waals surface area contributed by atoms with E-state index in [0.29, 0.717) is 0 Å². The normalized spacial score (nSPS) is 10.1. The molecule has 0 aromatic carbocycles. The third-order valence-corrected chi connectivity index (χ3v) is 1.29. The van der Waals surface area contributed by atoms with Gasteiger partial charge in [-0.3, -0.25) is 9.59 Å². The van der Waals surface area contributed by atoms with Crippen molar-refractivity contribution in [3.05, 3.63) is 0 Å². The van der Waals surface area contributed by atoms with Crippen molar-refractivity contribution in [3.63, 3.8) is 0 Å². The van der Waals surface area contributed by atoms with Crippen LogP contribution < -0.4 is 0 Å². The monoisotopic (exact) mass is 350 g/mol. The molecule has 0 saturated carbocycles. The average Bonchev–Trinajstić information content (AvgIpc) is 1.82. The van der Waals surface area contributed by atoms with E-state index in [0.717, 1.165) is 0 Å². The first kappa shape index (κ1) is 16.1. The largest absolute Gasteiger partial charge is 0.481 e. The van der Waals surface area contributed by atoms with Crippen molar-refractivity contribution >= 4 is 17.9 Å². The quantitative estimate of drug-likeness (QED) is 0.488. The molecule has 0 aliphatic rings. The van der Waals surface area contributed by atoms with Crippen LogP contribution in [0.2, 0.25) is 0 Å². The fourth-order valence-electron chi connectivity index (χ4n) is 0.714. The molecule has 7 nitrogen and oxygen atoms in total. The molecule has 82 valence electrons. The molecule has 0 unspecified atom stereocenters. The minimum atomic E-state index is -2.74. The molecular formula is C6H8GdO7. The third kappa shape index (κ3) is 5.43. The Morgan fingerprint density at radius 3 is 1.36 bits per heavy atom. The molecule has 8 heteroatoms. The van der Waals surface area contributed by atoms with E-state index in [-0.39, 0.29) is 39.9 Å². The van der Waals surface area contributed by atoms with Crippen LogP contribution in [0.3, 0.4) is 0 Å². The van der Waals surface area contributed by atoms with Crippen molar-refractivity contribution in [2.75, 3.05) is 0 Å². The SMILES string of the molecule is O=C(O)CC(O)(CC(=O)O)C(=O)O.[Gd]. The molecule has 0 radical (unpaired) electrons. The van der Waals surface area contributed by atoms with Crippen molar-refractivity contribution < 1.29 is 74.8 Å². The van der Waals surface area contributed by atoms with Crippen molar-refractivity contribution in [1.82, 2.24) is 0 Å². The number of hydrogen-bond donors (Lipinski definition) is 4. The molecule has 0 amide bonds. The van der Waals surface area contributed by atoms with Crippen LogP contribution in [-0.2, 0) is 14.4 Å². The van der Waals surface area contributed by atoms with Gasteiger partial charge in [-0.2, -0.15) is 0 Å². The van der Waals surface area contributed by atoms with E-state index in [9.17, 15) is 14.4 Å². The molecule has 0 spiro atoms. The van der Waals surface area contributed by atoms with E-state index in [4.69, 9.17) is 20.4 Å². The molecule has 0 atom stereocenters. The van der Waals surface area contributed by atoms with Crippen LogP contribution >= 0.6 is 0 Å². The molecular weight excluding hydrogens is 341 g/mol. The Balaban J connectivity index is 0. The Hall–Kier alpha value is -0.305. The zero-order valence-corrected chi connectivity index (χ0v) is 9.05. The predicted octanol–water partition coefficient (Wildman–Crippen LogP) is -1.25. The van der Waals surface area contributed by atoms with Gasteiger partial charge in [0, 0.05) is 39.9 Å². The maximum atomic E-state index is 10.3. The third-order valence-electron chi connectivity index (χ3n) is 1.29. The summed E-state index contributed by atoms with van der Waals surface area (Å²) in [5, 5.41) is 33.8. The number of carbonyl (C=O) groups is 3. The van der Waals surface area contributed by atoms with E-state index in [1.807, 2.05) is 0 Å². The molecule has 0 aliphatic heterocycles. The zero-order valence-electron chi connectivity index (χ0n) is 6.78. The summed E-state index contributed by atoms with van der Waals surface area (Å²) in [7, 11) is 0. The summed E-state index contributed by atoms with van der Waals surface area (Å²) < 4.78 is 0. The second-order valence-corrected chi connectivity index (χ2v) is 2.48. The van der Waals surface area contributed by atoms with E-state index in [2.05, 4.69) is 0 Å². The van der Waals surface area contributed by atoms with Gasteiger partial charge in [-0.1, -0.05) is 0 Å². The van der Waals surface area contributed by atoms with Gasteiger partial charge in [0.25, 0.3) is 0 Å². The first-order valence-electron chi connectivity index (χ1n) is 3.17. The second-order valence-electron chi connectivity index (χ2n) is 2.48. The van der Waals surface area contributed by atoms with E-state index in [1.54, 1.807) is 0 Å². The summed E-state index contributed by atoms with van der Waals surface area (Å²) >= 11 is 0. The molecule has 0 bridgehead atoms. The van der Waals surface area contributed by atoms with Gasteiger partial charge in [-0.15, -0.1) is 0 Å². The number of carboxylic acids is 3. The van der Waals surface area contributed by atoms with Crippen molar-refractivity contribution in [2.24, 2.45) is 0 Å². The molecule has 0 fully saturated rings. The van der Waals surface area contributed by atoms with Gasteiger partial charge < -0.3 is 20.4 Å². The van der Waals surface area contributed by atoms with Gasteiger partial charge in [0.2, 0.25) is 0 Å². The van der Waals surface area contributed by atoms with Gasteiger partial charge in [0.05, 0.1) is 12.8 Å². The molecule has 0 rings (SSSR count). The first-order chi connectivity index (χ1) is 5.78. The second kappa shape index (κ2) is 6.23. The molecule has 14 heavy (non-hydrogen) atoms. The molecule has 0 aliphatic carbocycles. The molecule has 0 heterocycles. The summed E-state index contributed by atoms with van der Waals surface area (Å²) in [6, 6.07) is 0. The van der Waals surface area contributed by atoms with Gasteiger partial charge in [-0.05, 0) is 0 Å². The Morgan fingerprint density at radius 2 is 1.21 bits per heavy atom. The topological polar surface area (TPSA) is 132 Å². The van der Waals surface area contributed by atoms with Gasteiger partial charge in [-0.25, -0.2) is 4.79 Å². The van der Waals surface area contributed by atoms with Crippen LogP contribution in [0, 0.1) is 39.9 Å². The number of carboxylic acid groups (broad SMARTS) is 3. The fraction of sp³-hybridized carbons (Fsp3) is 0.500. The van der Waals surface area contributed by atoms with Crippen LogP contribution in [0.25, 0.3) is 0 Å². The van der Waals surface area contributed by atoms with Gasteiger partial charge in [0.15, 0.2) is 5.60 Å². The summed E-state index contributed by atoms with van der Waals surface area (Å²) in [6.45, 7) is 0. The maximum Gasteiger partial charge on any atom is 0.336 e. The van der Waals surface area contributed by atoms with E-state index >= 15 is 0 Å². The maximum absolute atomic E-state index is 10.3. The summed E-state index contributed by atoms with van der Waals surface area (Å²) in [6.07, 6.45) is -2.29. The van der Waals surface area contributed by atoms with Crippen LogP contribution in [0.15, 0.2) is 0 Å². The predicted molar refractivity (Wildman–Crippen MR) is 37.1 cm³/mol. The van der Waals surface area contributed by atoms with Gasteiger partial charge >= 0.3 is 17.9 Å². The van der Waals surface area contributed by atoms with Crippen LogP contribution in [0.1, 0.15) is 12.8 Å². The Labute approximate surface area is 110 Å². The van der Waals surface area contributed by atoms with Crippen LogP contribution in [0.5, 0.6) is 0 Å². The number of aliphatic hydroxyl groups is 1. The zero-order chi connectivity index (χ0) is 10.6. The Bertz CT molecular complexity index is 233. The molecule has 0 saturated heterocycles. The summed E-state index contributed by atoms with van der Waals surface area (Å²) in [4.78, 5) is 30.5. The van der Waals surface area contributed by atoms with Crippen molar-refractivity contribution in [2.45, 2.75) is 18.4 Å². The Morgan fingerprint density at radius 1 is 0.929 bits per heavy atom. The fourth-order valence-corrected chi connectivity index (χ4v) is 0.714. The average molecular weight is 349 g/mol. The van der Waals surface area contributed by atoms with E-state index in [1.165, 1.54) is 0 Å². The van der Waals surface area contributed by atoms with Crippen LogP contribution in [0.4, 0.5) is 0 Å². The van der Waals surface area contributed by atoms with Crippen molar-refractivity contribution in [3.8, 4) is 0 Å². The first-order valence-corrected chi connectivity index (χ1v) is 3.17. The standard InChI is InChI=1S/C6H8O7.Gd/c7-3(8)1-6(13,5(11)12)2-4(9)10;/h13H,1-2H2,(H,7,8)(H,9,10)(H,11,12);. The van der Waals surface area contributed by atoms with Crippen LogP contribution in [-0.4, -0.2) is 43.9 Å². The molecule has 0 aromatic heterocycles.